The van der Waals surface area contributed by atoms with E-state index in [2.05, 4.69) is 15.5 Å². The highest BCUT2D eigenvalue weighted by Crippen LogP contribution is 2.27. The maximum atomic E-state index is 11.8. The lowest BCUT2D eigenvalue weighted by Gasteiger charge is -2.14. The molecule has 5 heteroatoms. The molecule has 0 heterocycles. The smallest absolute Gasteiger partial charge is 0.234 e. The number of hydrogen-bond acceptors (Lipinski definition) is 4. The molecule has 0 saturated heterocycles. The number of carbonyl (C=O) groups excluding carboxylic acids is 1. The molecule has 1 aromatic rings. The van der Waals surface area contributed by atoms with Crippen LogP contribution in [0.25, 0.3) is 0 Å². The third-order valence-corrected chi connectivity index (χ3v) is 3.66. The first kappa shape index (κ1) is 16.8. The van der Waals surface area contributed by atoms with E-state index >= 15 is 0 Å². The monoisotopic (exact) mass is 305 g/mol. The summed E-state index contributed by atoms with van der Waals surface area (Å²) in [6.07, 6.45) is 2.60. The first-order valence-corrected chi connectivity index (χ1v) is 7.98. The number of carbonyl (C=O) groups is 1. The van der Waals surface area contributed by atoms with Crippen LogP contribution in [0.2, 0.25) is 0 Å². The molecule has 1 aliphatic carbocycles. The van der Waals surface area contributed by atoms with E-state index < -0.39 is 0 Å². The average molecular weight is 305 g/mol. The molecule has 0 bridgehead atoms. The number of para-hydroxylation sites is 1. The highest BCUT2D eigenvalue weighted by atomic mass is 16.5. The summed E-state index contributed by atoms with van der Waals surface area (Å²) in [6.45, 7) is 3.35. The highest BCUT2D eigenvalue weighted by Gasteiger charge is 2.20. The lowest BCUT2D eigenvalue weighted by atomic mass is 10.2. The Morgan fingerprint density at radius 3 is 2.82 bits per heavy atom. The van der Waals surface area contributed by atoms with Crippen molar-refractivity contribution in [1.82, 2.24) is 15.5 Å². The van der Waals surface area contributed by atoms with Gasteiger partial charge in [-0.15, -0.1) is 0 Å². The van der Waals surface area contributed by atoms with E-state index in [1.165, 1.54) is 12.8 Å². The number of ether oxygens (including phenoxy) is 1. The molecule has 1 saturated carbocycles. The average Bonchev–Trinajstić information content (AvgIpc) is 3.30. The van der Waals surface area contributed by atoms with Crippen molar-refractivity contribution in [2.45, 2.75) is 19.4 Å². The quantitative estimate of drug-likeness (QED) is 0.683. The molecule has 2 N–H and O–H groups in total. The van der Waals surface area contributed by atoms with Gasteiger partial charge in [-0.3, -0.25) is 4.79 Å². The Morgan fingerprint density at radius 1 is 1.32 bits per heavy atom. The number of nitrogens with one attached hydrogen (secondary N) is 2. The van der Waals surface area contributed by atoms with Gasteiger partial charge in [-0.2, -0.15) is 0 Å². The summed E-state index contributed by atoms with van der Waals surface area (Å²) < 4.78 is 5.79. The maximum absolute atomic E-state index is 11.8. The van der Waals surface area contributed by atoms with Crippen LogP contribution in [-0.2, 0) is 11.3 Å². The predicted octanol–water partition coefficient (Wildman–Crippen LogP) is 1.24. The zero-order valence-electron chi connectivity index (χ0n) is 13.6. The summed E-state index contributed by atoms with van der Waals surface area (Å²) in [5, 5.41) is 6.14. The first-order chi connectivity index (χ1) is 10.6. The van der Waals surface area contributed by atoms with E-state index in [0.29, 0.717) is 19.7 Å². The second-order valence-corrected chi connectivity index (χ2v) is 6.11. The Labute approximate surface area is 133 Å². The molecule has 2 rings (SSSR count). The Bertz CT molecular complexity index is 473. The SMILES string of the molecule is CN(C)CCOc1ccccc1CNC(=O)CNCC1CC1. The summed E-state index contributed by atoms with van der Waals surface area (Å²) in [7, 11) is 4.04. The summed E-state index contributed by atoms with van der Waals surface area (Å²) in [6, 6.07) is 7.85. The van der Waals surface area contributed by atoms with Gasteiger partial charge in [0.25, 0.3) is 0 Å². The zero-order chi connectivity index (χ0) is 15.8. The van der Waals surface area contributed by atoms with Gasteiger partial charge in [-0.05, 0) is 45.5 Å². The molecule has 1 amide bonds. The van der Waals surface area contributed by atoms with Crippen LogP contribution >= 0.6 is 0 Å². The molecular formula is C17H27N3O2. The minimum atomic E-state index is 0.0312. The van der Waals surface area contributed by atoms with Crippen molar-refractivity contribution >= 4 is 5.91 Å². The number of rotatable bonds is 10. The fourth-order valence-electron chi connectivity index (χ4n) is 2.10. The van der Waals surface area contributed by atoms with E-state index in [1.54, 1.807) is 0 Å². The van der Waals surface area contributed by atoms with Gasteiger partial charge in [-0.25, -0.2) is 0 Å². The van der Waals surface area contributed by atoms with Crippen molar-refractivity contribution in [3.05, 3.63) is 29.8 Å². The van der Waals surface area contributed by atoms with Crippen LogP contribution in [0.5, 0.6) is 5.75 Å². The minimum Gasteiger partial charge on any atom is -0.492 e. The zero-order valence-corrected chi connectivity index (χ0v) is 13.6. The molecule has 22 heavy (non-hydrogen) atoms. The molecule has 5 nitrogen and oxygen atoms in total. The number of amides is 1. The molecule has 0 aliphatic heterocycles. The molecule has 1 fully saturated rings. The van der Waals surface area contributed by atoms with Gasteiger partial charge in [-0.1, -0.05) is 18.2 Å². The molecule has 0 spiro atoms. The lowest BCUT2D eigenvalue weighted by molar-refractivity contribution is -0.120. The van der Waals surface area contributed by atoms with Crippen molar-refractivity contribution < 1.29 is 9.53 Å². The Morgan fingerprint density at radius 2 is 2.09 bits per heavy atom. The Balaban J connectivity index is 1.72. The third kappa shape index (κ3) is 6.45. The van der Waals surface area contributed by atoms with Crippen LogP contribution in [0.1, 0.15) is 18.4 Å². The predicted molar refractivity (Wildman–Crippen MR) is 87.9 cm³/mol. The number of hydrogen-bond donors (Lipinski definition) is 2. The second-order valence-electron chi connectivity index (χ2n) is 6.11. The fraction of sp³-hybridized carbons (Fsp3) is 0.588. The summed E-state index contributed by atoms with van der Waals surface area (Å²) in [5.74, 6) is 1.66. The minimum absolute atomic E-state index is 0.0312. The Hall–Kier alpha value is -1.59. The topological polar surface area (TPSA) is 53.6 Å². The lowest BCUT2D eigenvalue weighted by Crippen LogP contribution is -2.34. The summed E-state index contributed by atoms with van der Waals surface area (Å²) >= 11 is 0. The maximum Gasteiger partial charge on any atom is 0.234 e. The molecule has 1 aliphatic rings. The van der Waals surface area contributed by atoms with Crippen LogP contribution in [0.15, 0.2) is 24.3 Å². The molecule has 0 atom stereocenters. The van der Waals surface area contributed by atoms with Gasteiger partial charge in [0.15, 0.2) is 0 Å². The standard InChI is InChI=1S/C17H27N3O2/c1-20(2)9-10-22-16-6-4-3-5-15(16)12-19-17(21)13-18-11-14-7-8-14/h3-6,14,18H,7-13H2,1-2H3,(H,19,21). The van der Waals surface area contributed by atoms with Crippen molar-refractivity contribution in [2.24, 2.45) is 5.92 Å². The van der Waals surface area contributed by atoms with Gasteiger partial charge < -0.3 is 20.3 Å². The van der Waals surface area contributed by atoms with Crippen molar-refractivity contribution in [2.75, 3.05) is 40.3 Å². The van der Waals surface area contributed by atoms with Gasteiger partial charge in [0.2, 0.25) is 5.91 Å². The van der Waals surface area contributed by atoms with E-state index in [0.717, 1.165) is 30.3 Å². The highest BCUT2D eigenvalue weighted by molar-refractivity contribution is 5.78. The summed E-state index contributed by atoms with van der Waals surface area (Å²) in [5.41, 5.74) is 1.01. The van der Waals surface area contributed by atoms with Crippen LogP contribution in [0.3, 0.4) is 0 Å². The van der Waals surface area contributed by atoms with E-state index in [-0.39, 0.29) is 5.91 Å². The van der Waals surface area contributed by atoms with Crippen LogP contribution in [0.4, 0.5) is 0 Å². The van der Waals surface area contributed by atoms with Crippen molar-refractivity contribution in [3.63, 3.8) is 0 Å². The van der Waals surface area contributed by atoms with E-state index in [1.807, 2.05) is 38.4 Å². The fourth-order valence-corrected chi connectivity index (χ4v) is 2.10. The molecule has 0 radical (unpaired) electrons. The van der Waals surface area contributed by atoms with E-state index in [4.69, 9.17) is 4.74 Å². The first-order valence-electron chi connectivity index (χ1n) is 7.98. The molecular weight excluding hydrogens is 278 g/mol. The van der Waals surface area contributed by atoms with Gasteiger partial charge in [0, 0.05) is 18.7 Å². The van der Waals surface area contributed by atoms with Crippen LogP contribution in [-0.4, -0.2) is 51.1 Å². The van der Waals surface area contributed by atoms with Gasteiger partial charge in [0.1, 0.15) is 12.4 Å². The molecule has 0 aromatic heterocycles. The normalized spacial score (nSPS) is 14.1. The van der Waals surface area contributed by atoms with Gasteiger partial charge in [0.05, 0.1) is 6.54 Å². The number of nitrogens with zero attached hydrogens (tertiary/aromatic N) is 1. The molecule has 1 aromatic carbocycles. The van der Waals surface area contributed by atoms with Crippen LogP contribution in [0, 0.1) is 5.92 Å². The van der Waals surface area contributed by atoms with E-state index in [9.17, 15) is 4.79 Å². The van der Waals surface area contributed by atoms with Crippen molar-refractivity contribution in [1.29, 1.82) is 0 Å². The Kier molecular flexibility index (Phi) is 6.68. The van der Waals surface area contributed by atoms with Crippen LogP contribution < -0.4 is 15.4 Å². The van der Waals surface area contributed by atoms with Gasteiger partial charge >= 0.3 is 0 Å². The summed E-state index contributed by atoms with van der Waals surface area (Å²) in [4.78, 5) is 13.9. The number of likely N-dealkylation sites (N-methyl/N-ethyl adjacent to an activating group) is 1. The number of benzene rings is 1. The molecule has 0 unspecified atom stereocenters. The van der Waals surface area contributed by atoms with Crippen molar-refractivity contribution in [3.8, 4) is 5.75 Å². The third-order valence-electron chi connectivity index (χ3n) is 3.66. The largest absolute Gasteiger partial charge is 0.492 e. The molecule has 122 valence electrons. The second kappa shape index (κ2) is 8.76.